The number of halogens is 1. The van der Waals surface area contributed by atoms with Crippen molar-refractivity contribution in [3.8, 4) is 0 Å². The first-order valence-corrected chi connectivity index (χ1v) is 8.61. The number of hydrogen-bond donors (Lipinski definition) is 0. The molecule has 27 heavy (non-hydrogen) atoms. The molecule has 0 radical (unpaired) electrons. The quantitative estimate of drug-likeness (QED) is 0.393. The van der Waals surface area contributed by atoms with Crippen LogP contribution in [0.4, 0.5) is 4.39 Å². The Morgan fingerprint density at radius 1 is 1.00 bits per heavy atom. The van der Waals surface area contributed by atoms with Gasteiger partial charge in [0.25, 0.3) is 0 Å². The van der Waals surface area contributed by atoms with E-state index in [1.165, 1.54) is 4.40 Å². The Labute approximate surface area is 154 Å². The molecule has 4 nitrogen and oxygen atoms in total. The number of nitrogens with zero attached hydrogens (tertiary/aromatic N) is 1. The highest BCUT2D eigenvalue weighted by atomic mass is 19.1. The van der Waals surface area contributed by atoms with Gasteiger partial charge in [-0.25, -0.2) is 9.18 Å². The van der Waals surface area contributed by atoms with Crippen LogP contribution in [0.25, 0.3) is 16.3 Å². The monoisotopic (exact) mass is 361 g/mol. The molecule has 2 aromatic heterocycles. The maximum absolute atomic E-state index is 15.2. The first kappa shape index (κ1) is 17.0. The van der Waals surface area contributed by atoms with Crippen molar-refractivity contribution in [1.29, 1.82) is 0 Å². The third-order valence-corrected chi connectivity index (χ3v) is 4.49. The normalized spacial score (nSPS) is 11.0. The molecule has 0 aliphatic heterocycles. The molecular weight excluding hydrogens is 345 g/mol. The lowest BCUT2D eigenvalue weighted by Gasteiger charge is -2.03. The predicted molar refractivity (Wildman–Crippen MR) is 101 cm³/mol. The fourth-order valence-electron chi connectivity index (χ4n) is 3.26. The number of hydrogen-bond acceptors (Lipinski definition) is 3. The summed E-state index contributed by atoms with van der Waals surface area (Å²) >= 11 is 0. The number of fused-ring (bicyclic) bond motifs is 2. The van der Waals surface area contributed by atoms with E-state index >= 15 is 4.39 Å². The first-order chi connectivity index (χ1) is 13.1. The summed E-state index contributed by atoms with van der Waals surface area (Å²) in [4.78, 5) is 25.3. The maximum atomic E-state index is 15.2. The largest absolute Gasteiger partial charge is 0.461 e. The van der Waals surface area contributed by atoms with Crippen molar-refractivity contribution in [3.05, 3.63) is 89.5 Å². The summed E-state index contributed by atoms with van der Waals surface area (Å²) in [5.41, 5.74) is 0.293. The topological polar surface area (TPSA) is 47.8 Å². The summed E-state index contributed by atoms with van der Waals surface area (Å²) in [6.07, 6.45) is 1.54. The number of esters is 1. The van der Waals surface area contributed by atoms with Crippen LogP contribution in [0.3, 0.4) is 0 Å². The van der Waals surface area contributed by atoms with E-state index in [0.717, 1.165) is 10.8 Å². The summed E-state index contributed by atoms with van der Waals surface area (Å²) in [6, 6.07) is 17.8. The smallest absolute Gasteiger partial charge is 0.358 e. The minimum Gasteiger partial charge on any atom is -0.461 e. The standard InChI is InChI=1S/C22H16FNO3/c1-2-27-22(26)20-19(23)18(17-9-5-6-12-24(17)20)21(25)16-11-10-14-7-3-4-8-15(14)13-16/h3-13H,2H2,1H3. The van der Waals surface area contributed by atoms with Crippen molar-refractivity contribution < 1.29 is 18.7 Å². The van der Waals surface area contributed by atoms with E-state index in [1.54, 1.807) is 43.5 Å². The zero-order chi connectivity index (χ0) is 19.0. The Morgan fingerprint density at radius 3 is 2.52 bits per heavy atom. The summed E-state index contributed by atoms with van der Waals surface area (Å²) in [5.74, 6) is -2.14. The number of pyridine rings is 1. The summed E-state index contributed by atoms with van der Waals surface area (Å²) in [6.45, 7) is 1.76. The molecule has 0 aliphatic rings. The molecule has 0 aliphatic carbocycles. The molecule has 0 atom stereocenters. The zero-order valence-electron chi connectivity index (χ0n) is 14.6. The molecule has 4 aromatic rings. The average molecular weight is 361 g/mol. The number of rotatable bonds is 4. The van der Waals surface area contributed by atoms with Crippen LogP contribution in [0.5, 0.6) is 0 Å². The predicted octanol–water partition coefficient (Wildman–Crippen LogP) is 4.64. The van der Waals surface area contributed by atoms with Crippen molar-refractivity contribution >= 4 is 28.0 Å². The fourth-order valence-corrected chi connectivity index (χ4v) is 3.26. The second-order valence-electron chi connectivity index (χ2n) is 6.10. The van der Waals surface area contributed by atoms with Crippen molar-refractivity contribution in [2.75, 3.05) is 6.61 Å². The van der Waals surface area contributed by atoms with Gasteiger partial charge in [-0.05, 0) is 35.9 Å². The van der Waals surface area contributed by atoms with E-state index < -0.39 is 17.6 Å². The number of ether oxygens (including phenoxy) is 1. The van der Waals surface area contributed by atoms with Gasteiger partial charge in [0, 0.05) is 11.8 Å². The van der Waals surface area contributed by atoms with Crippen LogP contribution in [0.1, 0.15) is 33.3 Å². The van der Waals surface area contributed by atoms with E-state index in [-0.39, 0.29) is 17.9 Å². The highest BCUT2D eigenvalue weighted by Crippen LogP contribution is 2.27. The first-order valence-electron chi connectivity index (χ1n) is 8.61. The van der Waals surface area contributed by atoms with Crippen LogP contribution in [0, 0.1) is 5.82 Å². The molecule has 0 saturated heterocycles. The molecule has 0 fully saturated rings. The lowest BCUT2D eigenvalue weighted by molar-refractivity contribution is 0.0513. The van der Waals surface area contributed by atoms with Gasteiger partial charge in [-0.2, -0.15) is 0 Å². The molecule has 2 heterocycles. The minimum atomic E-state index is -0.863. The average Bonchev–Trinajstić information content (AvgIpc) is 2.99. The second kappa shape index (κ2) is 6.68. The van der Waals surface area contributed by atoms with Gasteiger partial charge >= 0.3 is 5.97 Å². The van der Waals surface area contributed by atoms with Crippen molar-refractivity contribution in [3.63, 3.8) is 0 Å². The maximum Gasteiger partial charge on any atom is 0.358 e. The number of carbonyl (C=O) groups excluding carboxylic acids is 2. The summed E-state index contributed by atoms with van der Waals surface area (Å²) in [5, 5.41) is 1.88. The van der Waals surface area contributed by atoms with Gasteiger partial charge in [-0.15, -0.1) is 0 Å². The van der Waals surface area contributed by atoms with E-state index in [2.05, 4.69) is 0 Å². The van der Waals surface area contributed by atoms with Gasteiger partial charge in [0.15, 0.2) is 17.3 Å². The third-order valence-electron chi connectivity index (χ3n) is 4.49. The Balaban J connectivity index is 1.91. The molecule has 134 valence electrons. The van der Waals surface area contributed by atoms with Crippen molar-refractivity contribution in [2.45, 2.75) is 6.92 Å². The van der Waals surface area contributed by atoms with Gasteiger partial charge in [0.2, 0.25) is 0 Å². The number of aromatic nitrogens is 1. The molecule has 0 saturated carbocycles. The molecule has 2 aromatic carbocycles. The third kappa shape index (κ3) is 2.77. The Bertz CT molecular complexity index is 1190. The molecular formula is C22H16FNO3. The lowest BCUT2D eigenvalue weighted by atomic mass is 10.00. The summed E-state index contributed by atoms with van der Waals surface area (Å²) < 4.78 is 21.5. The van der Waals surface area contributed by atoms with Crippen LogP contribution in [-0.4, -0.2) is 22.8 Å². The molecule has 0 spiro atoms. The van der Waals surface area contributed by atoms with E-state index in [0.29, 0.717) is 11.1 Å². The van der Waals surface area contributed by atoms with Crippen LogP contribution in [0.2, 0.25) is 0 Å². The minimum absolute atomic E-state index is 0.117. The van der Waals surface area contributed by atoms with Gasteiger partial charge in [0.05, 0.1) is 17.7 Å². The van der Waals surface area contributed by atoms with Crippen LogP contribution in [-0.2, 0) is 4.74 Å². The van der Waals surface area contributed by atoms with Crippen molar-refractivity contribution in [2.24, 2.45) is 0 Å². The highest BCUT2D eigenvalue weighted by molar-refractivity contribution is 6.16. The van der Waals surface area contributed by atoms with Crippen molar-refractivity contribution in [1.82, 2.24) is 4.40 Å². The lowest BCUT2D eigenvalue weighted by Crippen LogP contribution is -2.10. The Kier molecular flexibility index (Phi) is 4.20. The van der Waals surface area contributed by atoms with E-state index in [1.807, 2.05) is 30.3 Å². The van der Waals surface area contributed by atoms with E-state index in [4.69, 9.17) is 4.74 Å². The molecule has 4 rings (SSSR count). The second-order valence-corrected chi connectivity index (χ2v) is 6.10. The molecule has 0 bridgehead atoms. The summed E-state index contributed by atoms with van der Waals surface area (Å²) in [7, 11) is 0. The van der Waals surface area contributed by atoms with Gasteiger partial charge in [-0.3, -0.25) is 4.79 Å². The Hall–Kier alpha value is -3.47. The van der Waals surface area contributed by atoms with E-state index in [9.17, 15) is 9.59 Å². The number of carbonyl (C=O) groups is 2. The SMILES string of the molecule is CCOC(=O)c1c(F)c(C(=O)c2ccc3ccccc3c2)c2ccccn12. The van der Waals surface area contributed by atoms with Gasteiger partial charge in [0.1, 0.15) is 0 Å². The molecule has 5 heteroatoms. The number of ketones is 1. The molecule has 0 unspecified atom stereocenters. The Morgan fingerprint density at radius 2 is 1.74 bits per heavy atom. The molecule has 0 amide bonds. The fraction of sp³-hybridized carbons (Fsp3) is 0.0909. The molecule has 0 N–H and O–H groups in total. The van der Waals surface area contributed by atoms with Gasteiger partial charge in [-0.1, -0.05) is 42.5 Å². The van der Waals surface area contributed by atoms with Crippen LogP contribution in [0.15, 0.2) is 66.9 Å². The van der Waals surface area contributed by atoms with Gasteiger partial charge < -0.3 is 9.14 Å². The van der Waals surface area contributed by atoms with Crippen LogP contribution < -0.4 is 0 Å². The van der Waals surface area contributed by atoms with Crippen LogP contribution >= 0.6 is 0 Å². The zero-order valence-corrected chi connectivity index (χ0v) is 14.6. The highest BCUT2D eigenvalue weighted by Gasteiger charge is 2.28. The number of benzene rings is 2.